The van der Waals surface area contributed by atoms with E-state index in [1.807, 2.05) is 0 Å². The van der Waals surface area contributed by atoms with Crippen molar-refractivity contribution in [1.29, 1.82) is 5.26 Å². The van der Waals surface area contributed by atoms with Gasteiger partial charge in [-0.3, -0.25) is 9.59 Å². The van der Waals surface area contributed by atoms with Gasteiger partial charge in [-0.15, -0.1) is 0 Å². The first kappa shape index (κ1) is 18.5. The molecule has 1 aliphatic rings. The Balaban J connectivity index is 2.12. The maximum Gasteiger partial charge on any atom is 0.318 e. The molecule has 0 atom stereocenters. The van der Waals surface area contributed by atoms with Crippen LogP contribution in [-0.4, -0.2) is 24.1 Å². The average Bonchev–Trinajstić information content (AvgIpc) is 2.61. The topological polar surface area (TPSA) is 76.4 Å². The lowest BCUT2D eigenvalue weighted by Crippen LogP contribution is -2.36. The molecule has 130 valence electrons. The van der Waals surface area contributed by atoms with Gasteiger partial charge in [-0.1, -0.05) is 12.3 Å². The summed E-state index contributed by atoms with van der Waals surface area (Å²) in [6, 6.07) is 8.99. The fourth-order valence-electron chi connectivity index (χ4n) is 2.77. The van der Waals surface area contributed by atoms with Crippen molar-refractivity contribution in [3.05, 3.63) is 35.4 Å². The zero-order valence-corrected chi connectivity index (χ0v) is 14.3. The molecule has 1 aromatic carbocycles. The van der Waals surface area contributed by atoms with Crippen LogP contribution in [0.15, 0.2) is 24.3 Å². The molecule has 0 heterocycles. The number of esters is 2. The van der Waals surface area contributed by atoms with E-state index in [-0.39, 0.29) is 6.61 Å². The van der Waals surface area contributed by atoms with Crippen molar-refractivity contribution < 1.29 is 19.1 Å². The van der Waals surface area contributed by atoms with Crippen molar-refractivity contribution in [2.24, 2.45) is 0 Å². The van der Waals surface area contributed by atoms with Crippen LogP contribution in [-0.2, 0) is 19.1 Å². The molecule has 1 aliphatic carbocycles. The van der Waals surface area contributed by atoms with Crippen LogP contribution in [0.2, 0.25) is 0 Å². The Labute approximate surface area is 147 Å². The summed E-state index contributed by atoms with van der Waals surface area (Å²) in [6.07, 6.45) is 3.85. The van der Waals surface area contributed by atoms with Gasteiger partial charge in [0.25, 0.3) is 0 Å². The first-order valence-electron chi connectivity index (χ1n) is 8.48. The minimum absolute atomic E-state index is 0.232. The Hall–Kier alpha value is -2.79. The molecular weight excluding hydrogens is 318 g/mol. The maximum atomic E-state index is 12.1. The van der Waals surface area contributed by atoms with Crippen LogP contribution in [0.1, 0.15) is 56.6 Å². The Bertz CT molecular complexity index is 713. The largest absolute Gasteiger partial charge is 0.466 e. The van der Waals surface area contributed by atoms with E-state index >= 15 is 0 Å². The van der Waals surface area contributed by atoms with Crippen LogP contribution in [0, 0.1) is 23.2 Å². The number of benzene rings is 1. The molecule has 0 saturated heterocycles. The SMILES string of the molecule is CCOC(=O)CC(=O)OC1(C#Cc2ccc(C#N)cc2)CCCCC1. The summed E-state index contributed by atoms with van der Waals surface area (Å²) in [6.45, 7) is 1.92. The van der Waals surface area contributed by atoms with Crippen LogP contribution in [0.3, 0.4) is 0 Å². The van der Waals surface area contributed by atoms with E-state index in [1.165, 1.54) is 0 Å². The minimum atomic E-state index is -0.851. The molecule has 1 saturated carbocycles. The predicted octanol–water partition coefficient (Wildman–Crippen LogP) is 3.11. The second-order valence-electron chi connectivity index (χ2n) is 5.95. The lowest BCUT2D eigenvalue weighted by molar-refractivity contribution is -0.162. The standard InChI is InChI=1S/C20H21NO4/c1-2-24-18(22)14-19(23)25-20(11-4-3-5-12-20)13-10-16-6-8-17(15-21)9-7-16/h6-9H,2-5,11-12,14H2,1H3. The summed E-state index contributed by atoms with van der Waals surface area (Å²) in [5.41, 5.74) is 0.472. The van der Waals surface area contributed by atoms with Gasteiger partial charge < -0.3 is 9.47 Å². The van der Waals surface area contributed by atoms with Gasteiger partial charge in [0.05, 0.1) is 18.2 Å². The highest BCUT2D eigenvalue weighted by Crippen LogP contribution is 2.31. The normalized spacial score (nSPS) is 15.2. The maximum absolute atomic E-state index is 12.1. The van der Waals surface area contributed by atoms with Crippen molar-refractivity contribution >= 4 is 11.9 Å². The first-order chi connectivity index (χ1) is 12.1. The molecule has 0 spiro atoms. The van der Waals surface area contributed by atoms with Gasteiger partial charge in [-0.05, 0) is 62.8 Å². The van der Waals surface area contributed by atoms with Crippen LogP contribution in [0.4, 0.5) is 0 Å². The molecular formula is C20H21NO4. The summed E-state index contributed by atoms with van der Waals surface area (Å²) in [4.78, 5) is 23.5. The third kappa shape index (κ3) is 5.65. The van der Waals surface area contributed by atoms with Crippen LogP contribution < -0.4 is 0 Å². The zero-order chi connectivity index (χ0) is 18.1. The van der Waals surface area contributed by atoms with E-state index in [9.17, 15) is 9.59 Å². The number of nitrogens with zero attached hydrogens (tertiary/aromatic N) is 1. The van der Waals surface area contributed by atoms with E-state index in [4.69, 9.17) is 14.7 Å². The fourth-order valence-corrected chi connectivity index (χ4v) is 2.77. The third-order valence-corrected chi connectivity index (χ3v) is 4.01. The lowest BCUT2D eigenvalue weighted by atomic mass is 9.85. The second-order valence-corrected chi connectivity index (χ2v) is 5.95. The number of carbonyl (C=O) groups excluding carboxylic acids is 2. The molecule has 0 N–H and O–H groups in total. The summed E-state index contributed by atoms with van der Waals surface area (Å²) < 4.78 is 10.4. The highest BCUT2D eigenvalue weighted by Gasteiger charge is 2.34. The van der Waals surface area contributed by atoms with Gasteiger partial charge in [0.1, 0.15) is 6.42 Å². The molecule has 0 aliphatic heterocycles. The lowest BCUT2D eigenvalue weighted by Gasteiger charge is -2.32. The minimum Gasteiger partial charge on any atom is -0.466 e. The molecule has 2 rings (SSSR count). The van der Waals surface area contributed by atoms with Crippen molar-refractivity contribution in [3.63, 3.8) is 0 Å². The van der Waals surface area contributed by atoms with E-state index in [1.54, 1.807) is 31.2 Å². The molecule has 0 amide bonds. The summed E-state index contributed by atoms with van der Waals surface area (Å²) in [7, 11) is 0. The van der Waals surface area contributed by atoms with E-state index in [2.05, 4.69) is 17.9 Å². The van der Waals surface area contributed by atoms with Crippen LogP contribution >= 0.6 is 0 Å². The zero-order valence-electron chi connectivity index (χ0n) is 14.3. The van der Waals surface area contributed by atoms with Crippen LogP contribution in [0.25, 0.3) is 0 Å². The second kappa shape index (κ2) is 8.89. The predicted molar refractivity (Wildman–Crippen MR) is 91.2 cm³/mol. The summed E-state index contributed by atoms with van der Waals surface area (Å²) >= 11 is 0. The number of ether oxygens (including phenoxy) is 2. The van der Waals surface area contributed by atoms with Gasteiger partial charge in [-0.2, -0.15) is 5.26 Å². The number of nitriles is 1. The molecule has 1 aromatic rings. The highest BCUT2D eigenvalue weighted by atomic mass is 16.6. The molecule has 5 heteroatoms. The van der Waals surface area contributed by atoms with Crippen molar-refractivity contribution in [2.45, 2.75) is 51.0 Å². The number of hydrogen-bond acceptors (Lipinski definition) is 5. The quantitative estimate of drug-likeness (QED) is 0.478. The van der Waals surface area contributed by atoms with Crippen LogP contribution in [0.5, 0.6) is 0 Å². The number of rotatable bonds is 4. The summed E-state index contributed by atoms with van der Waals surface area (Å²) in [5.74, 6) is 4.95. The van der Waals surface area contributed by atoms with Gasteiger partial charge in [0.2, 0.25) is 0 Å². The Morgan fingerprint density at radius 1 is 1.08 bits per heavy atom. The van der Waals surface area contributed by atoms with Crippen molar-refractivity contribution in [2.75, 3.05) is 6.61 Å². The Kier molecular flexibility index (Phi) is 6.60. The van der Waals surface area contributed by atoms with E-state index in [0.29, 0.717) is 18.4 Å². The fraction of sp³-hybridized carbons (Fsp3) is 0.450. The van der Waals surface area contributed by atoms with Gasteiger partial charge in [-0.25, -0.2) is 0 Å². The third-order valence-electron chi connectivity index (χ3n) is 4.01. The summed E-state index contributed by atoms with van der Waals surface area (Å²) in [5, 5.41) is 8.83. The average molecular weight is 339 g/mol. The first-order valence-corrected chi connectivity index (χ1v) is 8.48. The van der Waals surface area contributed by atoms with Crippen molar-refractivity contribution in [3.8, 4) is 17.9 Å². The molecule has 5 nitrogen and oxygen atoms in total. The Morgan fingerprint density at radius 3 is 2.32 bits per heavy atom. The van der Waals surface area contributed by atoms with Gasteiger partial charge >= 0.3 is 11.9 Å². The number of hydrogen-bond donors (Lipinski definition) is 0. The smallest absolute Gasteiger partial charge is 0.318 e. The monoisotopic (exact) mass is 339 g/mol. The molecule has 0 aromatic heterocycles. The van der Waals surface area contributed by atoms with Gasteiger partial charge in [0, 0.05) is 5.56 Å². The van der Waals surface area contributed by atoms with Gasteiger partial charge in [0.15, 0.2) is 5.60 Å². The molecule has 0 radical (unpaired) electrons. The molecule has 1 fully saturated rings. The molecule has 25 heavy (non-hydrogen) atoms. The molecule has 0 bridgehead atoms. The molecule has 0 unspecified atom stereocenters. The van der Waals surface area contributed by atoms with E-state index < -0.39 is 24.0 Å². The van der Waals surface area contributed by atoms with E-state index in [0.717, 1.165) is 24.8 Å². The van der Waals surface area contributed by atoms with Crippen molar-refractivity contribution in [1.82, 2.24) is 0 Å². The number of carbonyl (C=O) groups is 2. The Morgan fingerprint density at radius 2 is 1.72 bits per heavy atom. The highest BCUT2D eigenvalue weighted by molar-refractivity contribution is 5.91.